The Morgan fingerprint density at radius 3 is 2.46 bits per heavy atom. The number of carboxylic acid groups (broad SMARTS) is 1. The molecule has 3 atom stereocenters. The summed E-state index contributed by atoms with van der Waals surface area (Å²) in [6, 6.07) is 12.2. The number of hydrogen-bond acceptors (Lipinski definition) is 5. The number of carbonyl (C=O) groups excluding carboxylic acids is 1. The summed E-state index contributed by atoms with van der Waals surface area (Å²) < 4.78 is 11.9. The van der Waals surface area contributed by atoms with Crippen LogP contribution in [0.2, 0.25) is 0 Å². The van der Waals surface area contributed by atoms with E-state index >= 15 is 0 Å². The van der Waals surface area contributed by atoms with Crippen molar-refractivity contribution in [3.05, 3.63) is 59.8 Å². The SMILES string of the molecule is CCCCC(O)C(C(=O)N[C@H](C)Cc1cn(C(=O)O)c2ccccc12)c1ccc(OC)c(OC)c1. The van der Waals surface area contributed by atoms with Gasteiger partial charge in [0.15, 0.2) is 11.5 Å². The van der Waals surface area contributed by atoms with E-state index in [0.717, 1.165) is 23.8 Å². The van der Waals surface area contributed by atoms with Gasteiger partial charge in [0.2, 0.25) is 5.91 Å². The second-order valence-corrected chi connectivity index (χ2v) is 8.74. The van der Waals surface area contributed by atoms with E-state index in [0.29, 0.717) is 35.4 Å². The molecule has 0 saturated heterocycles. The van der Waals surface area contributed by atoms with Crippen LogP contribution in [0.4, 0.5) is 4.79 Å². The van der Waals surface area contributed by atoms with Crippen LogP contribution in [0.3, 0.4) is 0 Å². The van der Waals surface area contributed by atoms with Gasteiger partial charge in [-0.05, 0) is 49.1 Å². The fourth-order valence-electron chi connectivity index (χ4n) is 4.46. The summed E-state index contributed by atoms with van der Waals surface area (Å²) in [5.74, 6) is -0.0545. The largest absolute Gasteiger partial charge is 0.493 e. The first-order valence-corrected chi connectivity index (χ1v) is 11.8. The number of rotatable bonds is 11. The molecule has 3 aromatic rings. The third-order valence-electron chi connectivity index (χ3n) is 6.20. The number of aromatic nitrogens is 1. The molecule has 3 N–H and O–H groups in total. The van der Waals surface area contributed by atoms with Crippen molar-refractivity contribution < 1.29 is 29.3 Å². The average molecular weight is 483 g/mol. The topological polar surface area (TPSA) is 110 Å². The van der Waals surface area contributed by atoms with Gasteiger partial charge in [0.1, 0.15) is 0 Å². The molecule has 1 aromatic heterocycles. The van der Waals surface area contributed by atoms with Crippen LogP contribution in [0.25, 0.3) is 10.9 Å². The minimum Gasteiger partial charge on any atom is -0.493 e. The second kappa shape index (κ2) is 11.8. The number of aliphatic hydroxyl groups is 1. The van der Waals surface area contributed by atoms with Crippen LogP contribution in [0, 0.1) is 0 Å². The summed E-state index contributed by atoms with van der Waals surface area (Å²) in [7, 11) is 3.07. The van der Waals surface area contributed by atoms with Crippen molar-refractivity contribution in [3.8, 4) is 11.5 Å². The Hall–Kier alpha value is -3.52. The molecule has 188 valence electrons. The molecule has 0 saturated carbocycles. The number of carbonyl (C=O) groups is 2. The van der Waals surface area contributed by atoms with Gasteiger partial charge < -0.3 is 25.0 Å². The van der Waals surface area contributed by atoms with Crippen molar-refractivity contribution in [2.75, 3.05) is 14.2 Å². The monoisotopic (exact) mass is 482 g/mol. The number of aliphatic hydroxyl groups excluding tert-OH is 1. The molecule has 0 aliphatic heterocycles. The number of unbranched alkanes of at least 4 members (excludes halogenated alkanes) is 1. The van der Waals surface area contributed by atoms with E-state index in [9.17, 15) is 19.8 Å². The number of benzene rings is 2. The highest BCUT2D eigenvalue weighted by Crippen LogP contribution is 2.33. The highest BCUT2D eigenvalue weighted by molar-refractivity contribution is 5.91. The molecular formula is C27H34N2O6. The van der Waals surface area contributed by atoms with E-state index in [4.69, 9.17) is 9.47 Å². The Balaban J connectivity index is 1.85. The first kappa shape index (κ1) is 26.1. The summed E-state index contributed by atoms with van der Waals surface area (Å²) in [5, 5.41) is 24.3. The number of nitrogens with zero attached hydrogens (tertiary/aromatic N) is 1. The van der Waals surface area contributed by atoms with Crippen molar-refractivity contribution in [1.82, 2.24) is 9.88 Å². The van der Waals surface area contributed by atoms with Crippen LogP contribution in [0.1, 0.15) is 50.2 Å². The predicted octanol–water partition coefficient (Wildman–Crippen LogP) is 4.57. The third kappa shape index (κ3) is 5.95. The van der Waals surface area contributed by atoms with Crippen LogP contribution in [0.15, 0.2) is 48.7 Å². The standard InChI is InChI=1S/C27H34N2O6/c1-5-6-11-22(30)25(18-12-13-23(34-3)24(15-18)35-4)26(31)28-17(2)14-19-16-29(27(32)33)21-10-8-7-9-20(19)21/h7-10,12-13,15-17,22,25,30H,5-6,11,14H2,1-4H3,(H,28,31)(H,32,33)/t17-,22?,25?/m1/s1. The molecular weight excluding hydrogens is 448 g/mol. The Labute approximate surface area is 205 Å². The summed E-state index contributed by atoms with van der Waals surface area (Å²) in [6.45, 7) is 3.91. The molecule has 0 aliphatic rings. The molecule has 35 heavy (non-hydrogen) atoms. The quantitative estimate of drug-likeness (QED) is 0.369. The normalized spacial score (nSPS) is 13.7. The molecule has 3 rings (SSSR count). The zero-order valence-electron chi connectivity index (χ0n) is 20.7. The van der Waals surface area contributed by atoms with Gasteiger partial charge in [0, 0.05) is 17.6 Å². The molecule has 2 unspecified atom stereocenters. The minimum atomic E-state index is -1.06. The van der Waals surface area contributed by atoms with Gasteiger partial charge in [-0.25, -0.2) is 4.79 Å². The smallest absolute Gasteiger partial charge is 0.416 e. The number of methoxy groups -OCH3 is 2. The van der Waals surface area contributed by atoms with Crippen molar-refractivity contribution in [3.63, 3.8) is 0 Å². The number of amides is 1. The average Bonchev–Trinajstić information content (AvgIpc) is 3.21. The maximum absolute atomic E-state index is 13.4. The van der Waals surface area contributed by atoms with Crippen molar-refractivity contribution >= 4 is 22.9 Å². The van der Waals surface area contributed by atoms with Gasteiger partial charge in [0.25, 0.3) is 0 Å². The second-order valence-electron chi connectivity index (χ2n) is 8.74. The number of fused-ring (bicyclic) bond motifs is 1. The lowest BCUT2D eigenvalue weighted by atomic mass is 9.89. The molecule has 0 spiro atoms. The first-order valence-electron chi connectivity index (χ1n) is 11.8. The predicted molar refractivity (Wildman–Crippen MR) is 134 cm³/mol. The lowest BCUT2D eigenvalue weighted by Gasteiger charge is -2.25. The van der Waals surface area contributed by atoms with Crippen LogP contribution < -0.4 is 14.8 Å². The van der Waals surface area contributed by atoms with Crippen molar-refractivity contribution in [1.29, 1.82) is 0 Å². The van der Waals surface area contributed by atoms with Crippen molar-refractivity contribution in [2.24, 2.45) is 0 Å². The molecule has 0 radical (unpaired) electrons. The first-order chi connectivity index (χ1) is 16.8. The van der Waals surface area contributed by atoms with Gasteiger partial charge >= 0.3 is 6.09 Å². The summed E-state index contributed by atoms with van der Waals surface area (Å²) in [4.78, 5) is 25.1. The highest BCUT2D eigenvalue weighted by atomic mass is 16.5. The zero-order chi connectivity index (χ0) is 25.5. The number of ether oxygens (including phenoxy) is 2. The molecule has 8 nitrogen and oxygen atoms in total. The Morgan fingerprint density at radius 2 is 1.80 bits per heavy atom. The number of para-hydroxylation sites is 1. The fourth-order valence-corrected chi connectivity index (χ4v) is 4.46. The van der Waals surface area contributed by atoms with Gasteiger partial charge in [-0.15, -0.1) is 0 Å². The van der Waals surface area contributed by atoms with Crippen LogP contribution in [-0.2, 0) is 11.2 Å². The number of nitrogens with one attached hydrogen (secondary N) is 1. The Kier molecular flexibility index (Phi) is 8.76. The molecule has 1 heterocycles. The van der Waals surface area contributed by atoms with E-state index in [-0.39, 0.29) is 11.9 Å². The third-order valence-corrected chi connectivity index (χ3v) is 6.20. The van der Waals surface area contributed by atoms with Gasteiger partial charge in [-0.2, -0.15) is 0 Å². The van der Waals surface area contributed by atoms with E-state index in [1.165, 1.54) is 11.7 Å². The molecule has 8 heteroatoms. The van der Waals surface area contributed by atoms with Crippen LogP contribution >= 0.6 is 0 Å². The van der Waals surface area contributed by atoms with Gasteiger partial charge in [0.05, 0.1) is 31.8 Å². The van der Waals surface area contributed by atoms with E-state index in [2.05, 4.69) is 5.32 Å². The van der Waals surface area contributed by atoms with E-state index in [1.807, 2.05) is 26.0 Å². The fraction of sp³-hybridized carbons (Fsp3) is 0.407. The number of hydrogen-bond donors (Lipinski definition) is 3. The Morgan fingerprint density at radius 1 is 1.09 bits per heavy atom. The summed E-state index contributed by atoms with van der Waals surface area (Å²) in [6.07, 6.45) is 2.30. The lowest BCUT2D eigenvalue weighted by Crippen LogP contribution is -2.41. The zero-order valence-corrected chi connectivity index (χ0v) is 20.7. The highest BCUT2D eigenvalue weighted by Gasteiger charge is 2.30. The molecule has 0 aliphatic carbocycles. The lowest BCUT2D eigenvalue weighted by molar-refractivity contribution is -0.125. The molecule has 0 fully saturated rings. The van der Waals surface area contributed by atoms with Crippen LogP contribution in [-0.4, -0.2) is 53.1 Å². The molecule has 2 aromatic carbocycles. The van der Waals surface area contributed by atoms with Crippen LogP contribution in [0.5, 0.6) is 11.5 Å². The minimum absolute atomic E-state index is 0.295. The van der Waals surface area contributed by atoms with E-state index in [1.54, 1.807) is 43.6 Å². The summed E-state index contributed by atoms with van der Waals surface area (Å²) >= 11 is 0. The van der Waals surface area contributed by atoms with E-state index < -0.39 is 18.1 Å². The summed E-state index contributed by atoms with van der Waals surface area (Å²) in [5.41, 5.74) is 2.06. The maximum atomic E-state index is 13.4. The maximum Gasteiger partial charge on any atom is 0.416 e. The van der Waals surface area contributed by atoms with Gasteiger partial charge in [-0.3, -0.25) is 9.36 Å². The van der Waals surface area contributed by atoms with Crippen molar-refractivity contribution in [2.45, 2.75) is 57.6 Å². The molecule has 0 bridgehead atoms. The Bertz CT molecular complexity index is 1170. The van der Waals surface area contributed by atoms with Gasteiger partial charge in [-0.1, -0.05) is 44.0 Å². The molecule has 1 amide bonds.